The lowest BCUT2D eigenvalue weighted by atomic mass is 10.0. The van der Waals surface area contributed by atoms with Crippen LogP contribution in [0.4, 0.5) is 5.69 Å². The number of carbonyl (C=O) groups is 1. The van der Waals surface area contributed by atoms with Crippen LogP contribution in [0.2, 0.25) is 0 Å². The molecule has 2 N–H and O–H groups in total. The van der Waals surface area contributed by atoms with E-state index in [1.807, 2.05) is 29.2 Å². The molecular weight excluding hydrogens is 194 g/mol. The van der Waals surface area contributed by atoms with Crippen molar-refractivity contribution in [2.24, 2.45) is 0 Å². The zero-order valence-electron chi connectivity index (χ0n) is 8.26. The summed E-state index contributed by atoms with van der Waals surface area (Å²) in [6.45, 7) is 1.19. The van der Waals surface area contributed by atoms with E-state index in [4.69, 9.17) is 5.11 Å². The Kier molecular flexibility index (Phi) is 2.60. The summed E-state index contributed by atoms with van der Waals surface area (Å²) in [6, 6.07) is 7.42. The number of carboxylic acid groups (broad SMARTS) is 1. The predicted octanol–water partition coefficient (Wildman–Crippen LogP) is 0.495. The van der Waals surface area contributed by atoms with Crippen molar-refractivity contribution < 1.29 is 15.0 Å². The van der Waals surface area contributed by atoms with E-state index < -0.39 is 5.97 Å². The Labute approximate surface area is 87.8 Å². The van der Waals surface area contributed by atoms with Crippen LogP contribution in [0.3, 0.4) is 0 Å². The first-order valence-electron chi connectivity index (χ1n) is 4.89. The zero-order chi connectivity index (χ0) is 10.8. The van der Waals surface area contributed by atoms with Crippen LogP contribution in [0, 0.1) is 0 Å². The summed E-state index contributed by atoms with van der Waals surface area (Å²) in [6.07, 6.45) is -0.245. The lowest BCUT2D eigenvalue weighted by molar-refractivity contribution is -0.136. The van der Waals surface area contributed by atoms with Gasteiger partial charge in [0, 0.05) is 18.8 Å². The van der Waals surface area contributed by atoms with Gasteiger partial charge in [-0.3, -0.25) is 4.79 Å². The van der Waals surface area contributed by atoms with E-state index in [-0.39, 0.29) is 12.5 Å². The van der Waals surface area contributed by atoms with Crippen molar-refractivity contribution in [1.29, 1.82) is 0 Å². The number of hydrogen-bond donors (Lipinski definition) is 2. The minimum absolute atomic E-state index is 0.0305. The first-order valence-corrected chi connectivity index (χ1v) is 4.89. The quantitative estimate of drug-likeness (QED) is 0.757. The van der Waals surface area contributed by atoms with Gasteiger partial charge in [0.2, 0.25) is 0 Å². The third kappa shape index (κ3) is 2.10. The number of aliphatic carboxylic acids is 1. The molecule has 1 aliphatic heterocycles. The highest BCUT2D eigenvalue weighted by atomic mass is 16.4. The maximum atomic E-state index is 10.6. The molecule has 0 amide bonds. The summed E-state index contributed by atoms with van der Waals surface area (Å²) in [5, 5.41) is 17.9. The summed E-state index contributed by atoms with van der Waals surface area (Å²) in [5.74, 6) is -0.830. The number of β-amino-alcohol motifs (C(OH)–C–C–N with tert-alkyl or cyclic N) is 1. The Morgan fingerprint density at radius 1 is 1.40 bits per heavy atom. The van der Waals surface area contributed by atoms with Gasteiger partial charge in [-0.2, -0.15) is 0 Å². The molecule has 1 aliphatic rings. The Hall–Kier alpha value is -1.55. The molecule has 1 saturated heterocycles. The lowest BCUT2D eigenvalue weighted by Gasteiger charge is -2.38. The molecule has 0 unspecified atom stereocenters. The van der Waals surface area contributed by atoms with Crippen molar-refractivity contribution in [2.45, 2.75) is 12.5 Å². The van der Waals surface area contributed by atoms with Crippen LogP contribution in [-0.2, 0) is 11.2 Å². The van der Waals surface area contributed by atoms with Gasteiger partial charge in [-0.15, -0.1) is 0 Å². The van der Waals surface area contributed by atoms with E-state index >= 15 is 0 Å². The SMILES string of the molecule is O=C(O)Cc1ccccc1N1CC(O)C1. The summed E-state index contributed by atoms with van der Waals surface area (Å²) in [7, 11) is 0. The van der Waals surface area contributed by atoms with E-state index in [1.54, 1.807) is 0 Å². The van der Waals surface area contributed by atoms with Crippen molar-refractivity contribution in [1.82, 2.24) is 0 Å². The van der Waals surface area contributed by atoms with Crippen LogP contribution in [0.5, 0.6) is 0 Å². The molecule has 0 spiro atoms. The summed E-state index contributed by atoms with van der Waals surface area (Å²) in [5.41, 5.74) is 1.72. The average molecular weight is 207 g/mol. The van der Waals surface area contributed by atoms with Crippen LogP contribution >= 0.6 is 0 Å². The van der Waals surface area contributed by atoms with Crippen molar-refractivity contribution >= 4 is 11.7 Å². The number of aliphatic hydroxyl groups excluding tert-OH is 1. The van der Waals surface area contributed by atoms with E-state index in [9.17, 15) is 9.90 Å². The minimum atomic E-state index is -0.830. The number of benzene rings is 1. The zero-order valence-corrected chi connectivity index (χ0v) is 8.26. The van der Waals surface area contributed by atoms with Gasteiger partial charge < -0.3 is 15.1 Å². The average Bonchev–Trinajstić information content (AvgIpc) is 2.13. The predicted molar refractivity (Wildman–Crippen MR) is 56.0 cm³/mol. The lowest BCUT2D eigenvalue weighted by Crippen LogP contribution is -2.51. The first-order chi connectivity index (χ1) is 7.16. The largest absolute Gasteiger partial charge is 0.481 e. The number of aliphatic hydroxyl groups is 1. The van der Waals surface area contributed by atoms with Crippen LogP contribution < -0.4 is 4.90 Å². The third-order valence-electron chi connectivity index (χ3n) is 2.54. The number of para-hydroxylation sites is 1. The molecule has 0 saturated carbocycles. The Balaban J connectivity index is 2.18. The molecule has 0 aliphatic carbocycles. The summed E-state index contributed by atoms with van der Waals surface area (Å²) < 4.78 is 0. The second-order valence-electron chi connectivity index (χ2n) is 3.76. The molecular formula is C11H13NO3. The first kappa shape index (κ1) is 9.98. The number of hydrogen-bond acceptors (Lipinski definition) is 3. The van der Waals surface area contributed by atoms with Crippen molar-refractivity contribution in [2.75, 3.05) is 18.0 Å². The molecule has 2 rings (SSSR count). The molecule has 0 bridgehead atoms. The molecule has 1 fully saturated rings. The summed E-state index contributed by atoms with van der Waals surface area (Å²) in [4.78, 5) is 12.6. The van der Waals surface area contributed by atoms with Crippen LogP contribution in [-0.4, -0.2) is 35.4 Å². The number of carboxylic acids is 1. The van der Waals surface area contributed by atoms with E-state index in [0.29, 0.717) is 13.1 Å². The fourth-order valence-electron chi connectivity index (χ4n) is 1.78. The van der Waals surface area contributed by atoms with Gasteiger partial charge in [0.1, 0.15) is 0 Å². The highest BCUT2D eigenvalue weighted by Crippen LogP contribution is 2.25. The van der Waals surface area contributed by atoms with Crippen LogP contribution in [0.25, 0.3) is 0 Å². The molecule has 0 radical (unpaired) electrons. The normalized spacial score (nSPS) is 16.2. The van der Waals surface area contributed by atoms with Gasteiger partial charge in [0.25, 0.3) is 0 Å². The van der Waals surface area contributed by atoms with Gasteiger partial charge in [-0.1, -0.05) is 18.2 Å². The fraction of sp³-hybridized carbons (Fsp3) is 0.364. The van der Waals surface area contributed by atoms with Crippen LogP contribution in [0.1, 0.15) is 5.56 Å². The molecule has 1 heterocycles. The van der Waals surface area contributed by atoms with E-state index in [0.717, 1.165) is 11.3 Å². The highest BCUT2D eigenvalue weighted by molar-refractivity contribution is 5.74. The van der Waals surface area contributed by atoms with Crippen molar-refractivity contribution in [3.63, 3.8) is 0 Å². The smallest absolute Gasteiger partial charge is 0.307 e. The molecule has 80 valence electrons. The third-order valence-corrected chi connectivity index (χ3v) is 2.54. The number of rotatable bonds is 3. The Morgan fingerprint density at radius 2 is 2.07 bits per heavy atom. The van der Waals surface area contributed by atoms with Crippen molar-refractivity contribution in [3.05, 3.63) is 29.8 Å². The number of nitrogens with zero attached hydrogens (tertiary/aromatic N) is 1. The van der Waals surface area contributed by atoms with Gasteiger partial charge in [-0.05, 0) is 11.6 Å². The molecule has 4 heteroatoms. The second-order valence-corrected chi connectivity index (χ2v) is 3.76. The van der Waals surface area contributed by atoms with E-state index in [2.05, 4.69) is 0 Å². The number of anilines is 1. The van der Waals surface area contributed by atoms with Gasteiger partial charge in [0.15, 0.2) is 0 Å². The van der Waals surface area contributed by atoms with E-state index in [1.165, 1.54) is 0 Å². The second kappa shape index (κ2) is 3.90. The van der Waals surface area contributed by atoms with Gasteiger partial charge in [0.05, 0.1) is 12.5 Å². The molecule has 1 aromatic rings. The van der Waals surface area contributed by atoms with Gasteiger partial charge >= 0.3 is 5.97 Å². The Morgan fingerprint density at radius 3 is 2.67 bits per heavy atom. The minimum Gasteiger partial charge on any atom is -0.481 e. The molecule has 4 nitrogen and oxygen atoms in total. The fourth-order valence-corrected chi connectivity index (χ4v) is 1.78. The maximum Gasteiger partial charge on any atom is 0.307 e. The maximum absolute atomic E-state index is 10.6. The standard InChI is InChI=1S/C11H13NO3/c13-9-6-12(7-9)10-4-2-1-3-8(10)5-11(14)15/h1-4,9,13H,5-7H2,(H,14,15). The Bertz CT molecular complexity index is 372. The highest BCUT2D eigenvalue weighted by Gasteiger charge is 2.26. The van der Waals surface area contributed by atoms with Crippen molar-refractivity contribution in [3.8, 4) is 0 Å². The summed E-state index contributed by atoms with van der Waals surface area (Å²) >= 11 is 0. The molecule has 0 atom stereocenters. The monoisotopic (exact) mass is 207 g/mol. The topological polar surface area (TPSA) is 60.8 Å². The molecule has 0 aromatic heterocycles. The molecule has 1 aromatic carbocycles. The van der Waals surface area contributed by atoms with Crippen LogP contribution in [0.15, 0.2) is 24.3 Å². The molecule has 15 heavy (non-hydrogen) atoms. The van der Waals surface area contributed by atoms with Gasteiger partial charge in [-0.25, -0.2) is 0 Å².